The van der Waals surface area contributed by atoms with E-state index in [0.717, 1.165) is 19.4 Å². The predicted molar refractivity (Wildman–Crippen MR) is 83.1 cm³/mol. The summed E-state index contributed by atoms with van der Waals surface area (Å²) in [5, 5.41) is 9.79. The maximum atomic E-state index is 12.8. The molecule has 1 amide bonds. The summed E-state index contributed by atoms with van der Waals surface area (Å²) >= 11 is 0. The number of carbonyl (C=O) groups excluding carboxylic acids is 1. The molecule has 1 rings (SSSR count). The molecule has 0 saturated heterocycles. The lowest BCUT2D eigenvalue weighted by Gasteiger charge is -2.32. The van der Waals surface area contributed by atoms with Gasteiger partial charge in [-0.05, 0) is 37.8 Å². The maximum Gasteiger partial charge on any atom is 0.254 e. The van der Waals surface area contributed by atoms with Crippen LogP contribution in [-0.2, 0) is 0 Å². The Kier molecular flexibility index (Phi) is 6.05. The summed E-state index contributed by atoms with van der Waals surface area (Å²) in [6.45, 7) is 11.0. The Morgan fingerprint density at radius 2 is 1.85 bits per heavy atom. The summed E-state index contributed by atoms with van der Waals surface area (Å²) in [5.74, 6) is 0.642. The second kappa shape index (κ2) is 7.32. The fraction of sp³-hybridized carbons (Fsp3) is 0.588. The number of hydrogen-bond donors (Lipinski definition) is 1. The van der Waals surface area contributed by atoms with Crippen LogP contribution in [0.2, 0.25) is 0 Å². The van der Waals surface area contributed by atoms with Crippen molar-refractivity contribution in [2.45, 2.75) is 53.5 Å². The van der Waals surface area contributed by atoms with Crippen LogP contribution in [0.3, 0.4) is 0 Å². The minimum Gasteiger partial charge on any atom is -0.508 e. The molecule has 3 nitrogen and oxygen atoms in total. The van der Waals surface area contributed by atoms with Gasteiger partial charge in [-0.3, -0.25) is 4.79 Å². The lowest BCUT2D eigenvalue weighted by molar-refractivity contribution is 0.0639. The minimum absolute atomic E-state index is 0.0285. The molecular weight excluding hydrogens is 250 g/mol. The third-order valence-electron chi connectivity index (χ3n) is 3.74. The predicted octanol–water partition coefficient (Wildman–Crippen LogP) is 3.99. The zero-order chi connectivity index (χ0) is 15.3. The summed E-state index contributed by atoms with van der Waals surface area (Å²) in [5.41, 5.74) is 1.27. The molecule has 20 heavy (non-hydrogen) atoms. The summed E-state index contributed by atoms with van der Waals surface area (Å²) < 4.78 is 0. The molecule has 0 aromatic heterocycles. The molecule has 1 N–H and O–H groups in total. The Balaban J connectivity index is 3.12. The van der Waals surface area contributed by atoms with Gasteiger partial charge in [0, 0.05) is 23.7 Å². The first-order chi connectivity index (χ1) is 9.42. The van der Waals surface area contributed by atoms with Crippen molar-refractivity contribution >= 4 is 5.91 Å². The van der Waals surface area contributed by atoms with Crippen molar-refractivity contribution in [1.82, 2.24) is 4.90 Å². The average Bonchev–Trinajstić information content (AvgIpc) is 2.41. The molecular formula is C17H27NO2. The minimum atomic E-state index is 0.0285. The van der Waals surface area contributed by atoms with E-state index in [4.69, 9.17) is 0 Å². The van der Waals surface area contributed by atoms with Crippen LogP contribution in [0.5, 0.6) is 5.75 Å². The van der Waals surface area contributed by atoms with Gasteiger partial charge in [0.2, 0.25) is 0 Å². The summed E-state index contributed by atoms with van der Waals surface area (Å²) in [6, 6.07) is 5.41. The highest BCUT2D eigenvalue weighted by atomic mass is 16.3. The number of carbonyl (C=O) groups is 1. The van der Waals surface area contributed by atoms with Crippen LogP contribution in [0.1, 0.15) is 56.5 Å². The van der Waals surface area contributed by atoms with Crippen LogP contribution in [0.25, 0.3) is 0 Å². The van der Waals surface area contributed by atoms with Crippen LogP contribution >= 0.6 is 0 Å². The Morgan fingerprint density at radius 1 is 1.25 bits per heavy atom. The zero-order valence-corrected chi connectivity index (χ0v) is 13.3. The molecule has 112 valence electrons. The SMILES string of the molecule is CCC(CC)N(CC(C)C)C(=O)c1cccc(O)c1C. The number of phenols is 1. The van der Waals surface area contributed by atoms with E-state index >= 15 is 0 Å². The van der Waals surface area contributed by atoms with Crippen LogP contribution in [0, 0.1) is 12.8 Å². The highest BCUT2D eigenvalue weighted by Crippen LogP contribution is 2.23. The first-order valence-corrected chi connectivity index (χ1v) is 7.51. The van der Waals surface area contributed by atoms with Crippen LogP contribution in [0.15, 0.2) is 18.2 Å². The topological polar surface area (TPSA) is 40.5 Å². The van der Waals surface area contributed by atoms with E-state index in [9.17, 15) is 9.90 Å². The molecule has 0 aliphatic rings. The van der Waals surface area contributed by atoms with Crippen LogP contribution in [-0.4, -0.2) is 28.5 Å². The summed E-state index contributed by atoms with van der Waals surface area (Å²) in [6.07, 6.45) is 1.90. The summed E-state index contributed by atoms with van der Waals surface area (Å²) in [4.78, 5) is 14.8. The van der Waals surface area contributed by atoms with Crippen LogP contribution < -0.4 is 0 Å². The van der Waals surface area contributed by atoms with Gasteiger partial charge in [-0.1, -0.05) is 33.8 Å². The number of nitrogens with zero attached hydrogens (tertiary/aromatic N) is 1. The number of phenolic OH excluding ortho intramolecular Hbond substituents is 1. The maximum absolute atomic E-state index is 12.8. The van der Waals surface area contributed by atoms with E-state index in [1.54, 1.807) is 25.1 Å². The fourth-order valence-electron chi connectivity index (χ4n) is 2.53. The first kappa shape index (κ1) is 16.5. The number of rotatable bonds is 6. The second-order valence-corrected chi connectivity index (χ2v) is 5.77. The van der Waals surface area contributed by atoms with Gasteiger partial charge in [0.05, 0.1) is 0 Å². The van der Waals surface area contributed by atoms with E-state index in [1.165, 1.54) is 0 Å². The van der Waals surface area contributed by atoms with Crippen molar-refractivity contribution in [2.75, 3.05) is 6.54 Å². The van der Waals surface area contributed by atoms with Gasteiger partial charge in [0.25, 0.3) is 5.91 Å². The fourth-order valence-corrected chi connectivity index (χ4v) is 2.53. The van der Waals surface area contributed by atoms with Crippen molar-refractivity contribution in [2.24, 2.45) is 5.92 Å². The van der Waals surface area contributed by atoms with Crippen molar-refractivity contribution in [3.05, 3.63) is 29.3 Å². The molecule has 0 heterocycles. The molecule has 0 aliphatic heterocycles. The standard InChI is InChI=1S/C17H27NO2/c1-6-14(7-2)18(11-12(3)4)17(20)15-9-8-10-16(19)13(15)5/h8-10,12,14,19H,6-7,11H2,1-5H3. The molecule has 0 spiro atoms. The molecule has 1 aromatic rings. The Hall–Kier alpha value is -1.51. The Labute approximate surface area is 122 Å². The molecule has 1 aromatic carbocycles. The molecule has 0 saturated carbocycles. The van der Waals surface area contributed by atoms with Gasteiger partial charge < -0.3 is 10.0 Å². The zero-order valence-electron chi connectivity index (χ0n) is 13.3. The molecule has 0 bridgehead atoms. The molecule has 0 aliphatic carbocycles. The Bertz CT molecular complexity index is 450. The van der Waals surface area contributed by atoms with Crippen molar-refractivity contribution in [1.29, 1.82) is 0 Å². The van der Waals surface area contributed by atoms with E-state index in [2.05, 4.69) is 27.7 Å². The van der Waals surface area contributed by atoms with Gasteiger partial charge in [-0.2, -0.15) is 0 Å². The van der Waals surface area contributed by atoms with Gasteiger partial charge in [0.1, 0.15) is 5.75 Å². The number of amides is 1. The number of benzene rings is 1. The molecule has 0 radical (unpaired) electrons. The highest BCUT2D eigenvalue weighted by Gasteiger charge is 2.24. The molecule has 0 fully saturated rings. The molecule has 0 atom stereocenters. The highest BCUT2D eigenvalue weighted by molar-refractivity contribution is 5.96. The third kappa shape index (κ3) is 3.75. The van der Waals surface area contributed by atoms with E-state index in [0.29, 0.717) is 17.0 Å². The molecule has 0 unspecified atom stereocenters. The normalized spacial score (nSPS) is 11.2. The van der Waals surface area contributed by atoms with Crippen molar-refractivity contribution in [3.63, 3.8) is 0 Å². The first-order valence-electron chi connectivity index (χ1n) is 7.51. The quantitative estimate of drug-likeness (QED) is 0.854. The van der Waals surface area contributed by atoms with Crippen molar-refractivity contribution < 1.29 is 9.90 Å². The van der Waals surface area contributed by atoms with Gasteiger partial charge in [-0.25, -0.2) is 0 Å². The van der Waals surface area contributed by atoms with E-state index in [-0.39, 0.29) is 17.7 Å². The number of hydrogen-bond acceptors (Lipinski definition) is 2. The lowest BCUT2D eigenvalue weighted by atomic mass is 10.0. The van der Waals surface area contributed by atoms with Gasteiger partial charge in [-0.15, -0.1) is 0 Å². The van der Waals surface area contributed by atoms with Crippen molar-refractivity contribution in [3.8, 4) is 5.75 Å². The largest absolute Gasteiger partial charge is 0.508 e. The average molecular weight is 277 g/mol. The third-order valence-corrected chi connectivity index (χ3v) is 3.74. The van der Waals surface area contributed by atoms with Crippen LogP contribution in [0.4, 0.5) is 0 Å². The molecule has 3 heteroatoms. The second-order valence-electron chi connectivity index (χ2n) is 5.77. The lowest BCUT2D eigenvalue weighted by Crippen LogP contribution is -2.42. The monoisotopic (exact) mass is 277 g/mol. The van der Waals surface area contributed by atoms with Gasteiger partial charge in [0.15, 0.2) is 0 Å². The summed E-state index contributed by atoms with van der Waals surface area (Å²) in [7, 11) is 0. The number of aromatic hydroxyl groups is 1. The smallest absolute Gasteiger partial charge is 0.254 e. The Morgan fingerprint density at radius 3 is 2.35 bits per heavy atom. The van der Waals surface area contributed by atoms with E-state index < -0.39 is 0 Å². The van der Waals surface area contributed by atoms with Gasteiger partial charge >= 0.3 is 0 Å². The van der Waals surface area contributed by atoms with E-state index in [1.807, 2.05) is 4.90 Å².